The molecule has 0 radical (unpaired) electrons. The molecule has 62 valence electrons. The molecule has 11 heavy (non-hydrogen) atoms. The van der Waals surface area contributed by atoms with E-state index in [1.54, 1.807) is 13.1 Å². The second kappa shape index (κ2) is 5.65. The average Bonchev–Trinajstić information content (AvgIpc) is 2.00. The van der Waals surface area contributed by atoms with E-state index in [1.807, 2.05) is 6.92 Å². The fourth-order valence-corrected chi connectivity index (χ4v) is 0.502. The first-order chi connectivity index (χ1) is 5.20. The minimum absolute atomic E-state index is 0.365. The van der Waals surface area contributed by atoms with Gasteiger partial charge in [-0.2, -0.15) is 0 Å². The third-order valence-electron chi connectivity index (χ3n) is 1.01. The van der Waals surface area contributed by atoms with Crippen molar-refractivity contribution in [3.8, 4) is 0 Å². The van der Waals surface area contributed by atoms with Crippen LogP contribution in [0.1, 0.15) is 20.3 Å². The molecule has 0 aliphatic heterocycles. The van der Waals surface area contributed by atoms with Crippen LogP contribution in [0.5, 0.6) is 0 Å². The monoisotopic (exact) mass is 155 g/mol. The summed E-state index contributed by atoms with van der Waals surface area (Å²) >= 11 is 0. The molecule has 0 saturated carbocycles. The molecule has 0 rings (SSSR count). The van der Waals surface area contributed by atoms with Gasteiger partial charge in [-0.25, -0.2) is 4.79 Å². The van der Waals surface area contributed by atoms with Crippen LogP contribution < -0.4 is 0 Å². The molecule has 0 N–H and O–H groups in total. The lowest BCUT2D eigenvalue weighted by molar-refractivity contribution is -0.134. The van der Waals surface area contributed by atoms with Gasteiger partial charge in [0, 0.05) is 18.0 Å². The Morgan fingerprint density at radius 1 is 1.64 bits per heavy atom. The van der Waals surface area contributed by atoms with Gasteiger partial charge in [0.1, 0.15) is 0 Å². The Labute approximate surface area is 66.8 Å². The number of esters is 1. The van der Waals surface area contributed by atoms with Gasteiger partial charge < -0.3 is 4.74 Å². The highest BCUT2D eigenvalue weighted by atomic mass is 16.5. The lowest BCUT2D eigenvalue weighted by atomic mass is 10.4. The molecule has 0 heterocycles. The van der Waals surface area contributed by atoms with Crippen LogP contribution in [-0.2, 0) is 9.53 Å². The largest absolute Gasteiger partial charge is 0.466 e. The molecule has 3 heteroatoms. The molecule has 0 amide bonds. The number of carbonyl (C=O) groups excluding carboxylic acids is 1. The Morgan fingerprint density at radius 3 is 2.73 bits per heavy atom. The van der Waals surface area contributed by atoms with Crippen LogP contribution in [0.25, 0.3) is 0 Å². The number of nitrogens with zero attached hydrogens (tertiary/aromatic N) is 1. The highest BCUT2D eigenvalue weighted by Crippen LogP contribution is 1.93. The lowest BCUT2D eigenvalue weighted by Crippen LogP contribution is -1.94. The Kier molecular flexibility index (Phi) is 5.07. The number of methoxy groups -OCH3 is 1. The maximum Gasteiger partial charge on any atom is 0.332 e. The fourth-order valence-electron chi connectivity index (χ4n) is 0.502. The highest BCUT2D eigenvalue weighted by Gasteiger charge is 1.92. The molecule has 3 nitrogen and oxygen atoms in total. The Balaban J connectivity index is 4.00. The first-order valence-corrected chi connectivity index (χ1v) is 3.49. The van der Waals surface area contributed by atoms with Gasteiger partial charge in [-0.1, -0.05) is 6.92 Å². The minimum atomic E-state index is -0.365. The van der Waals surface area contributed by atoms with Gasteiger partial charge in [-0.05, 0) is 13.3 Å². The van der Waals surface area contributed by atoms with E-state index < -0.39 is 0 Å². The third-order valence-corrected chi connectivity index (χ3v) is 1.01. The molecular weight excluding hydrogens is 142 g/mol. The minimum Gasteiger partial charge on any atom is -0.466 e. The summed E-state index contributed by atoms with van der Waals surface area (Å²) in [7, 11) is 1.34. The average molecular weight is 155 g/mol. The van der Waals surface area contributed by atoms with Crippen LogP contribution in [0.15, 0.2) is 16.8 Å². The molecule has 0 aromatic heterocycles. The quantitative estimate of drug-likeness (QED) is 0.352. The normalized spacial score (nSPS) is 12.1. The molecule has 0 spiro atoms. The summed E-state index contributed by atoms with van der Waals surface area (Å²) in [6.45, 7) is 3.73. The number of ether oxygens (including phenoxy) is 1. The van der Waals surface area contributed by atoms with Gasteiger partial charge in [0.2, 0.25) is 0 Å². The van der Waals surface area contributed by atoms with E-state index in [-0.39, 0.29) is 5.97 Å². The smallest absolute Gasteiger partial charge is 0.332 e. The summed E-state index contributed by atoms with van der Waals surface area (Å²) < 4.78 is 4.41. The SMILES string of the molecule is CCC=NC(C)=CC(=O)OC. The molecule has 0 aromatic carbocycles. The van der Waals surface area contributed by atoms with Crippen molar-refractivity contribution in [2.24, 2.45) is 4.99 Å². The Bertz CT molecular complexity index is 183. The van der Waals surface area contributed by atoms with E-state index in [1.165, 1.54) is 13.2 Å². The van der Waals surface area contributed by atoms with E-state index in [9.17, 15) is 4.79 Å². The van der Waals surface area contributed by atoms with Crippen molar-refractivity contribution < 1.29 is 9.53 Å². The number of rotatable bonds is 3. The molecule has 0 aromatic rings. The number of carbonyl (C=O) groups is 1. The van der Waals surface area contributed by atoms with Gasteiger partial charge in [0.05, 0.1) is 7.11 Å². The number of aliphatic imine (C=N–C) groups is 1. The molecule has 0 bridgehead atoms. The van der Waals surface area contributed by atoms with Crippen LogP contribution in [0.3, 0.4) is 0 Å². The second-order valence-electron chi connectivity index (χ2n) is 2.03. The number of allylic oxidation sites excluding steroid dienone is 1. The van der Waals surface area contributed by atoms with Gasteiger partial charge in [0.15, 0.2) is 0 Å². The van der Waals surface area contributed by atoms with E-state index in [2.05, 4.69) is 9.73 Å². The first kappa shape index (κ1) is 9.88. The maximum atomic E-state index is 10.6. The molecule has 0 fully saturated rings. The highest BCUT2D eigenvalue weighted by molar-refractivity contribution is 5.82. The van der Waals surface area contributed by atoms with E-state index >= 15 is 0 Å². The molecule has 0 atom stereocenters. The summed E-state index contributed by atoms with van der Waals surface area (Å²) in [6, 6.07) is 0. The Morgan fingerprint density at radius 2 is 2.27 bits per heavy atom. The van der Waals surface area contributed by atoms with Gasteiger partial charge >= 0.3 is 5.97 Å². The molecule has 0 saturated heterocycles. The Hall–Kier alpha value is -1.12. The van der Waals surface area contributed by atoms with Crippen molar-refractivity contribution in [2.45, 2.75) is 20.3 Å². The second-order valence-corrected chi connectivity index (χ2v) is 2.03. The molecule has 0 aliphatic rings. The van der Waals surface area contributed by atoms with Crippen LogP contribution in [0.2, 0.25) is 0 Å². The summed E-state index contributed by atoms with van der Waals surface area (Å²) in [6.07, 6.45) is 3.97. The van der Waals surface area contributed by atoms with E-state index in [0.717, 1.165) is 6.42 Å². The molecule has 0 aliphatic carbocycles. The van der Waals surface area contributed by atoms with E-state index in [0.29, 0.717) is 5.70 Å². The lowest BCUT2D eigenvalue weighted by Gasteiger charge is -1.91. The first-order valence-electron chi connectivity index (χ1n) is 3.49. The van der Waals surface area contributed by atoms with Crippen molar-refractivity contribution in [2.75, 3.05) is 7.11 Å². The van der Waals surface area contributed by atoms with Crippen molar-refractivity contribution >= 4 is 12.2 Å². The maximum absolute atomic E-state index is 10.6. The van der Waals surface area contributed by atoms with Crippen molar-refractivity contribution in [1.29, 1.82) is 0 Å². The van der Waals surface area contributed by atoms with Gasteiger partial charge in [-0.15, -0.1) is 0 Å². The number of hydrogen-bond acceptors (Lipinski definition) is 3. The van der Waals surface area contributed by atoms with Crippen LogP contribution in [0.4, 0.5) is 0 Å². The molecular formula is C8H13NO2. The van der Waals surface area contributed by atoms with Gasteiger partial charge in [-0.3, -0.25) is 4.99 Å². The summed E-state index contributed by atoms with van der Waals surface area (Å²) in [5, 5.41) is 0. The van der Waals surface area contributed by atoms with Crippen LogP contribution in [-0.4, -0.2) is 19.3 Å². The number of hydrogen-bond donors (Lipinski definition) is 0. The summed E-state index contributed by atoms with van der Waals surface area (Å²) in [4.78, 5) is 14.6. The van der Waals surface area contributed by atoms with E-state index in [4.69, 9.17) is 0 Å². The van der Waals surface area contributed by atoms with Crippen molar-refractivity contribution in [3.63, 3.8) is 0 Å². The zero-order chi connectivity index (χ0) is 8.69. The predicted molar refractivity (Wildman–Crippen MR) is 44.6 cm³/mol. The zero-order valence-electron chi connectivity index (χ0n) is 7.13. The van der Waals surface area contributed by atoms with Crippen LogP contribution in [0, 0.1) is 0 Å². The molecule has 0 unspecified atom stereocenters. The van der Waals surface area contributed by atoms with Gasteiger partial charge in [0.25, 0.3) is 0 Å². The van der Waals surface area contributed by atoms with Crippen molar-refractivity contribution in [3.05, 3.63) is 11.8 Å². The van der Waals surface area contributed by atoms with Crippen LogP contribution >= 0.6 is 0 Å². The summed E-state index contributed by atoms with van der Waals surface area (Å²) in [5.74, 6) is -0.365. The summed E-state index contributed by atoms with van der Waals surface area (Å²) in [5.41, 5.74) is 0.665. The standard InChI is InChI=1S/C8H13NO2/c1-4-5-9-7(2)6-8(10)11-3/h5-6H,4H2,1-3H3. The topological polar surface area (TPSA) is 38.7 Å². The fraction of sp³-hybridized carbons (Fsp3) is 0.500. The third kappa shape index (κ3) is 5.33. The zero-order valence-corrected chi connectivity index (χ0v) is 7.13. The van der Waals surface area contributed by atoms with Crippen molar-refractivity contribution in [1.82, 2.24) is 0 Å². The predicted octanol–water partition coefficient (Wildman–Crippen LogP) is 1.54.